The molecule has 2 N–H and O–H groups in total. The van der Waals surface area contributed by atoms with E-state index in [1.165, 1.54) is 12.8 Å². The lowest BCUT2D eigenvalue weighted by molar-refractivity contribution is -0.189. The minimum Gasteiger partial charge on any atom is -0.481 e. The summed E-state index contributed by atoms with van der Waals surface area (Å²) in [5.41, 5.74) is 1.24. The minimum atomic E-state index is -0.973. The molecular formula is C34H52O6. The van der Waals surface area contributed by atoms with Crippen LogP contribution in [0.5, 0.6) is 0 Å². The summed E-state index contributed by atoms with van der Waals surface area (Å²) in [6.45, 7) is 16.5. The number of esters is 1. The molecule has 0 spiro atoms. The molecule has 5 aliphatic carbocycles. The van der Waals surface area contributed by atoms with Crippen molar-refractivity contribution in [1.82, 2.24) is 0 Å². The van der Waals surface area contributed by atoms with Gasteiger partial charge in [-0.15, -0.1) is 0 Å². The van der Waals surface area contributed by atoms with Crippen LogP contribution in [-0.4, -0.2) is 34.2 Å². The highest BCUT2D eigenvalue weighted by molar-refractivity contribution is 5.76. The number of aliphatic carboxylic acids is 2. The molecule has 9 atom stereocenters. The number of ether oxygens (including phenoxy) is 1. The largest absolute Gasteiger partial charge is 0.481 e. The Morgan fingerprint density at radius 1 is 0.850 bits per heavy atom. The van der Waals surface area contributed by atoms with Crippen molar-refractivity contribution in [2.45, 2.75) is 132 Å². The highest BCUT2D eigenvalue weighted by atomic mass is 16.5. The van der Waals surface area contributed by atoms with Gasteiger partial charge in [-0.25, -0.2) is 0 Å². The predicted octanol–water partition coefficient (Wildman–Crippen LogP) is 7.65. The lowest BCUT2D eigenvalue weighted by Crippen LogP contribution is -2.63. The summed E-state index contributed by atoms with van der Waals surface area (Å²) >= 11 is 0. The number of fused-ring (bicyclic) bond motifs is 7. The van der Waals surface area contributed by atoms with Gasteiger partial charge >= 0.3 is 17.9 Å². The van der Waals surface area contributed by atoms with E-state index in [4.69, 9.17) is 9.84 Å². The van der Waals surface area contributed by atoms with E-state index in [1.54, 1.807) is 5.57 Å². The van der Waals surface area contributed by atoms with Crippen LogP contribution < -0.4 is 0 Å². The second kappa shape index (κ2) is 9.33. The Bertz CT molecular complexity index is 1120. The number of hydrogen-bond donors (Lipinski definition) is 2. The van der Waals surface area contributed by atoms with Gasteiger partial charge in [-0.1, -0.05) is 53.2 Å². The maximum atomic E-state index is 12.5. The number of rotatable bonds is 5. The first-order chi connectivity index (χ1) is 18.4. The third-order valence-corrected chi connectivity index (χ3v) is 14.1. The van der Waals surface area contributed by atoms with Crippen LogP contribution in [0.1, 0.15) is 126 Å². The molecule has 5 rings (SSSR count). The molecule has 0 unspecified atom stereocenters. The Morgan fingerprint density at radius 3 is 2.17 bits per heavy atom. The molecule has 0 aromatic heterocycles. The minimum absolute atomic E-state index is 0.0251. The molecule has 6 heteroatoms. The fraction of sp³-hybridized carbons (Fsp3) is 0.853. The van der Waals surface area contributed by atoms with Gasteiger partial charge in [0.05, 0.1) is 18.3 Å². The quantitative estimate of drug-likeness (QED) is 0.266. The molecule has 4 fully saturated rings. The Kier molecular flexibility index (Phi) is 6.91. The first-order valence-electron chi connectivity index (χ1n) is 15.8. The van der Waals surface area contributed by atoms with Crippen LogP contribution in [-0.2, 0) is 19.1 Å². The lowest BCUT2D eigenvalue weighted by Gasteiger charge is -2.70. The van der Waals surface area contributed by atoms with Gasteiger partial charge in [0.15, 0.2) is 0 Å². The van der Waals surface area contributed by atoms with Gasteiger partial charge in [0.2, 0.25) is 0 Å². The SMILES string of the molecule is CC1(C)[C@@H](OC(=O)CCC(=O)O)CC[C@@]2(C)C3=CC[C@@H]4[C@@H]5C[C@@](C)(C(=O)O)CC[C@@]5(C)CC[C@@]4(C)[C@@]3(C)CC[C@@H]12. The van der Waals surface area contributed by atoms with Gasteiger partial charge in [-0.3, -0.25) is 14.4 Å². The summed E-state index contributed by atoms with van der Waals surface area (Å²) in [5, 5.41) is 19.1. The van der Waals surface area contributed by atoms with Crippen molar-refractivity contribution in [2.75, 3.05) is 0 Å². The van der Waals surface area contributed by atoms with Crippen molar-refractivity contribution in [2.24, 2.45) is 50.2 Å². The first-order valence-corrected chi connectivity index (χ1v) is 15.8. The van der Waals surface area contributed by atoms with E-state index in [2.05, 4.69) is 47.6 Å². The van der Waals surface area contributed by atoms with Crippen molar-refractivity contribution in [3.05, 3.63) is 11.6 Å². The fourth-order valence-corrected chi connectivity index (χ4v) is 11.2. The van der Waals surface area contributed by atoms with E-state index in [1.807, 2.05) is 6.92 Å². The third kappa shape index (κ3) is 4.12. The van der Waals surface area contributed by atoms with Crippen LogP contribution in [0.15, 0.2) is 11.6 Å². The van der Waals surface area contributed by atoms with E-state index in [9.17, 15) is 19.5 Å². The number of carbonyl (C=O) groups is 3. The summed E-state index contributed by atoms with van der Waals surface area (Å²) in [6.07, 6.45) is 12.1. The average Bonchev–Trinajstić information content (AvgIpc) is 2.86. The van der Waals surface area contributed by atoms with Crippen LogP contribution in [0.3, 0.4) is 0 Å². The molecule has 5 aliphatic rings. The molecule has 4 saturated carbocycles. The molecule has 0 aromatic carbocycles. The number of allylic oxidation sites excluding steroid dienone is 2. The monoisotopic (exact) mass is 556 g/mol. The first kappa shape index (κ1) is 29.6. The molecule has 0 aliphatic heterocycles. The summed E-state index contributed by atoms with van der Waals surface area (Å²) in [7, 11) is 0. The summed E-state index contributed by atoms with van der Waals surface area (Å²) in [6, 6.07) is 0. The molecule has 0 radical (unpaired) electrons. The zero-order valence-electron chi connectivity index (χ0n) is 25.9. The molecule has 6 nitrogen and oxygen atoms in total. The number of carboxylic acids is 2. The number of hydrogen-bond acceptors (Lipinski definition) is 4. The molecule has 0 bridgehead atoms. The Labute approximate surface area is 240 Å². The highest BCUT2D eigenvalue weighted by Gasteiger charge is 2.68. The second-order valence-electron chi connectivity index (χ2n) is 16.3. The summed E-state index contributed by atoms with van der Waals surface area (Å²) < 4.78 is 5.96. The van der Waals surface area contributed by atoms with Gasteiger partial charge in [0, 0.05) is 5.41 Å². The summed E-state index contributed by atoms with van der Waals surface area (Å²) in [4.78, 5) is 35.8. The zero-order chi connectivity index (χ0) is 29.5. The van der Waals surface area contributed by atoms with Gasteiger partial charge in [0.25, 0.3) is 0 Å². The molecular weight excluding hydrogens is 504 g/mol. The van der Waals surface area contributed by atoms with Gasteiger partial charge < -0.3 is 14.9 Å². The maximum Gasteiger partial charge on any atom is 0.309 e. The van der Waals surface area contributed by atoms with Crippen molar-refractivity contribution < 1.29 is 29.3 Å². The average molecular weight is 557 g/mol. The smallest absolute Gasteiger partial charge is 0.309 e. The van der Waals surface area contributed by atoms with Crippen molar-refractivity contribution >= 4 is 17.9 Å². The van der Waals surface area contributed by atoms with E-state index < -0.39 is 23.3 Å². The van der Waals surface area contributed by atoms with Crippen molar-refractivity contribution in [3.63, 3.8) is 0 Å². The molecule has 40 heavy (non-hydrogen) atoms. The number of carboxylic acid groups (broad SMARTS) is 2. The van der Waals surface area contributed by atoms with Crippen LogP contribution in [0.2, 0.25) is 0 Å². The molecule has 0 amide bonds. The summed E-state index contributed by atoms with van der Waals surface area (Å²) in [5.74, 6) is -0.695. The van der Waals surface area contributed by atoms with E-state index in [0.29, 0.717) is 17.8 Å². The van der Waals surface area contributed by atoms with Crippen molar-refractivity contribution in [1.29, 1.82) is 0 Å². The second-order valence-corrected chi connectivity index (χ2v) is 16.3. The maximum absolute atomic E-state index is 12.5. The standard InChI is InChI=1S/C34H52O6/c1-29(2)23-12-15-34(7)24(32(23,5)14-13-25(29)40-27(37)11-10-26(35)36)9-8-21-22-20-31(4,28(38)39)17-16-30(22,3)18-19-33(21,34)6/h9,21-23,25H,8,10-20H2,1-7H3,(H,35,36)(H,38,39)/t21-,22+,23+,25+,30+,31+,32-,33-,34+/m1/s1. The van der Waals surface area contributed by atoms with Gasteiger partial charge in [0.1, 0.15) is 6.10 Å². The topological polar surface area (TPSA) is 101 Å². The Morgan fingerprint density at radius 2 is 1.52 bits per heavy atom. The van der Waals surface area contributed by atoms with Crippen LogP contribution in [0.25, 0.3) is 0 Å². The molecule has 224 valence electrons. The Balaban J connectivity index is 1.44. The zero-order valence-corrected chi connectivity index (χ0v) is 25.9. The highest BCUT2D eigenvalue weighted by Crippen LogP contribution is 2.75. The van der Waals surface area contributed by atoms with Gasteiger partial charge in [-0.2, -0.15) is 0 Å². The third-order valence-electron chi connectivity index (χ3n) is 14.1. The van der Waals surface area contributed by atoms with E-state index in [-0.39, 0.29) is 46.0 Å². The lowest BCUT2D eigenvalue weighted by atomic mass is 9.34. The van der Waals surface area contributed by atoms with Crippen LogP contribution >= 0.6 is 0 Å². The van der Waals surface area contributed by atoms with Crippen molar-refractivity contribution in [3.8, 4) is 0 Å². The number of carbonyl (C=O) groups excluding carboxylic acids is 1. The van der Waals surface area contributed by atoms with Crippen LogP contribution in [0, 0.1) is 50.2 Å². The van der Waals surface area contributed by atoms with E-state index >= 15 is 0 Å². The fourth-order valence-electron chi connectivity index (χ4n) is 11.2. The molecule has 0 heterocycles. The normalized spacial score (nSPS) is 47.4. The van der Waals surface area contributed by atoms with Crippen LogP contribution in [0.4, 0.5) is 0 Å². The Hall–Kier alpha value is -1.85. The molecule has 0 aromatic rings. The predicted molar refractivity (Wildman–Crippen MR) is 153 cm³/mol. The van der Waals surface area contributed by atoms with E-state index in [0.717, 1.165) is 51.4 Å². The molecule has 0 saturated heterocycles. The van der Waals surface area contributed by atoms with Gasteiger partial charge in [-0.05, 0) is 111 Å².